The molecule has 1 N–H and O–H groups in total. The highest BCUT2D eigenvalue weighted by atomic mass is 16.5. The molecule has 0 fully saturated rings. The summed E-state index contributed by atoms with van der Waals surface area (Å²) in [5.41, 5.74) is 0.642. The van der Waals surface area contributed by atoms with Crippen LogP contribution in [-0.2, 0) is 6.54 Å². The van der Waals surface area contributed by atoms with Gasteiger partial charge in [0.1, 0.15) is 0 Å². The molecule has 3 aromatic rings. The topological polar surface area (TPSA) is 68.0 Å². The zero-order valence-corrected chi connectivity index (χ0v) is 11.0. The van der Waals surface area contributed by atoms with Gasteiger partial charge in [0.15, 0.2) is 5.82 Å². The van der Waals surface area contributed by atoms with E-state index in [-0.39, 0.29) is 12.5 Å². The van der Waals surface area contributed by atoms with Crippen molar-refractivity contribution in [3.8, 4) is 0 Å². The number of amides is 1. The molecule has 2 aromatic carbocycles. The lowest BCUT2D eigenvalue weighted by molar-refractivity contribution is 0.0951. The number of benzene rings is 2. The first-order chi connectivity index (χ1) is 9.74. The molecule has 0 spiro atoms. The highest BCUT2D eigenvalue weighted by Gasteiger charge is 2.10. The summed E-state index contributed by atoms with van der Waals surface area (Å²) in [6, 6.07) is 13.4. The lowest BCUT2D eigenvalue weighted by atomic mass is 10.0. The van der Waals surface area contributed by atoms with Gasteiger partial charge in [0.25, 0.3) is 5.91 Å². The highest BCUT2D eigenvalue weighted by molar-refractivity contribution is 6.06. The van der Waals surface area contributed by atoms with Crippen molar-refractivity contribution in [1.82, 2.24) is 15.5 Å². The Hall–Kier alpha value is -2.69. The van der Waals surface area contributed by atoms with Crippen molar-refractivity contribution in [2.75, 3.05) is 0 Å². The summed E-state index contributed by atoms with van der Waals surface area (Å²) in [5.74, 6) is 0.805. The zero-order chi connectivity index (χ0) is 13.9. The smallest absolute Gasteiger partial charge is 0.252 e. The Kier molecular flexibility index (Phi) is 3.16. The van der Waals surface area contributed by atoms with Gasteiger partial charge in [-0.05, 0) is 16.8 Å². The maximum atomic E-state index is 12.2. The Morgan fingerprint density at radius 3 is 2.80 bits per heavy atom. The molecule has 5 nitrogen and oxygen atoms in total. The maximum absolute atomic E-state index is 12.2. The van der Waals surface area contributed by atoms with Gasteiger partial charge < -0.3 is 9.84 Å². The summed E-state index contributed by atoms with van der Waals surface area (Å²) < 4.78 is 4.86. The van der Waals surface area contributed by atoms with Crippen molar-refractivity contribution < 1.29 is 9.32 Å². The van der Waals surface area contributed by atoms with Gasteiger partial charge in [-0.3, -0.25) is 4.79 Å². The van der Waals surface area contributed by atoms with Gasteiger partial charge in [-0.2, -0.15) is 4.98 Å². The summed E-state index contributed by atoms with van der Waals surface area (Å²) in [6.45, 7) is 1.96. The fourth-order valence-electron chi connectivity index (χ4n) is 2.09. The van der Waals surface area contributed by atoms with Gasteiger partial charge in [0, 0.05) is 12.5 Å². The highest BCUT2D eigenvalue weighted by Crippen LogP contribution is 2.18. The van der Waals surface area contributed by atoms with E-state index in [0.717, 1.165) is 10.8 Å². The minimum absolute atomic E-state index is 0.149. The molecular weight excluding hydrogens is 254 g/mol. The fourth-order valence-corrected chi connectivity index (χ4v) is 2.09. The first kappa shape index (κ1) is 12.3. The van der Waals surface area contributed by atoms with E-state index in [1.807, 2.05) is 36.4 Å². The van der Waals surface area contributed by atoms with Gasteiger partial charge in [0.05, 0.1) is 6.54 Å². The van der Waals surface area contributed by atoms with Crippen LogP contribution in [-0.4, -0.2) is 16.0 Å². The van der Waals surface area contributed by atoms with Gasteiger partial charge in [-0.1, -0.05) is 41.6 Å². The van der Waals surface area contributed by atoms with E-state index < -0.39 is 0 Å². The van der Waals surface area contributed by atoms with E-state index in [0.29, 0.717) is 17.3 Å². The van der Waals surface area contributed by atoms with Crippen molar-refractivity contribution in [1.29, 1.82) is 0 Å². The van der Waals surface area contributed by atoms with Gasteiger partial charge >= 0.3 is 0 Å². The van der Waals surface area contributed by atoms with Crippen molar-refractivity contribution >= 4 is 16.7 Å². The molecule has 0 aliphatic rings. The monoisotopic (exact) mass is 267 g/mol. The average Bonchev–Trinajstić information content (AvgIpc) is 2.90. The van der Waals surface area contributed by atoms with Crippen molar-refractivity contribution in [3.63, 3.8) is 0 Å². The Balaban J connectivity index is 1.82. The summed E-state index contributed by atoms with van der Waals surface area (Å²) in [5, 5.41) is 8.50. The fraction of sp³-hybridized carbons (Fsp3) is 0.133. The van der Waals surface area contributed by atoms with E-state index in [9.17, 15) is 4.79 Å². The molecule has 0 saturated carbocycles. The Bertz CT molecular complexity index is 759. The number of nitrogens with one attached hydrogen (secondary N) is 1. The SMILES string of the molecule is Cc1nc(CNC(=O)c2cccc3ccccc23)no1. The minimum atomic E-state index is -0.149. The van der Waals surface area contributed by atoms with E-state index in [4.69, 9.17) is 4.52 Å². The number of carbonyl (C=O) groups is 1. The van der Waals surface area contributed by atoms with Gasteiger partial charge in [0.2, 0.25) is 5.89 Å². The lowest BCUT2D eigenvalue weighted by Crippen LogP contribution is -2.23. The van der Waals surface area contributed by atoms with Gasteiger partial charge in [-0.15, -0.1) is 0 Å². The molecule has 1 aromatic heterocycles. The van der Waals surface area contributed by atoms with Crippen molar-refractivity contribution in [2.45, 2.75) is 13.5 Å². The average molecular weight is 267 g/mol. The third kappa shape index (κ3) is 2.38. The summed E-state index contributed by atoms with van der Waals surface area (Å²) in [6.07, 6.45) is 0. The first-order valence-corrected chi connectivity index (χ1v) is 6.29. The maximum Gasteiger partial charge on any atom is 0.252 e. The third-order valence-corrected chi connectivity index (χ3v) is 3.01. The normalized spacial score (nSPS) is 10.7. The number of carbonyl (C=O) groups excluding carboxylic acids is 1. The molecule has 3 rings (SSSR count). The molecule has 0 unspecified atom stereocenters. The van der Waals surface area contributed by atoms with Crippen molar-refractivity contribution in [3.05, 3.63) is 59.7 Å². The second-order valence-electron chi connectivity index (χ2n) is 4.44. The second kappa shape index (κ2) is 5.13. The van der Waals surface area contributed by atoms with Crippen LogP contribution in [0.2, 0.25) is 0 Å². The molecule has 0 saturated heterocycles. The van der Waals surface area contributed by atoms with Crippen LogP contribution >= 0.6 is 0 Å². The standard InChI is InChI=1S/C15H13N3O2/c1-10-17-14(18-20-10)9-16-15(19)13-8-4-6-11-5-2-3-7-12(11)13/h2-8H,9H2,1H3,(H,16,19). The van der Waals surface area contributed by atoms with Crippen LogP contribution in [0.1, 0.15) is 22.1 Å². The summed E-state index contributed by atoms with van der Waals surface area (Å²) in [4.78, 5) is 16.3. The molecule has 0 atom stereocenters. The molecule has 20 heavy (non-hydrogen) atoms. The predicted molar refractivity (Wildman–Crippen MR) is 74.2 cm³/mol. The van der Waals surface area contributed by atoms with Crippen molar-refractivity contribution in [2.24, 2.45) is 0 Å². The van der Waals surface area contributed by atoms with Crippen LogP contribution in [0.25, 0.3) is 10.8 Å². The second-order valence-corrected chi connectivity index (χ2v) is 4.44. The minimum Gasteiger partial charge on any atom is -0.345 e. The molecule has 0 bridgehead atoms. The Labute approximate surface area is 115 Å². The van der Waals surface area contributed by atoms with Crippen LogP contribution < -0.4 is 5.32 Å². The Morgan fingerprint density at radius 2 is 2.00 bits per heavy atom. The zero-order valence-electron chi connectivity index (χ0n) is 11.0. The molecule has 0 aliphatic carbocycles. The molecule has 0 aliphatic heterocycles. The number of aromatic nitrogens is 2. The largest absolute Gasteiger partial charge is 0.345 e. The molecular formula is C15H13N3O2. The van der Waals surface area contributed by atoms with Crippen LogP contribution in [0.5, 0.6) is 0 Å². The quantitative estimate of drug-likeness (QED) is 0.791. The van der Waals surface area contributed by atoms with E-state index in [1.54, 1.807) is 13.0 Å². The van der Waals surface area contributed by atoms with Crippen LogP contribution in [0.4, 0.5) is 0 Å². The third-order valence-electron chi connectivity index (χ3n) is 3.01. The lowest BCUT2D eigenvalue weighted by Gasteiger charge is -2.06. The molecule has 100 valence electrons. The number of nitrogens with zero attached hydrogens (tertiary/aromatic N) is 2. The number of fused-ring (bicyclic) bond motifs is 1. The predicted octanol–water partition coefficient (Wildman–Crippen LogP) is 2.46. The van der Waals surface area contributed by atoms with Crippen LogP contribution in [0, 0.1) is 6.92 Å². The summed E-state index contributed by atoms with van der Waals surface area (Å²) >= 11 is 0. The number of aryl methyl sites for hydroxylation is 1. The number of hydrogen-bond acceptors (Lipinski definition) is 4. The van der Waals surface area contributed by atoms with E-state index in [2.05, 4.69) is 15.5 Å². The molecule has 0 radical (unpaired) electrons. The molecule has 1 heterocycles. The Morgan fingerprint density at radius 1 is 1.20 bits per heavy atom. The summed E-state index contributed by atoms with van der Waals surface area (Å²) in [7, 11) is 0. The molecule has 1 amide bonds. The van der Waals surface area contributed by atoms with Crippen LogP contribution in [0.3, 0.4) is 0 Å². The number of hydrogen-bond donors (Lipinski definition) is 1. The van der Waals surface area contributed by atoms with Gasteiger partial charge in [-0.25, -0.2) is 0 Å². The first-order valence-electron chi connectivity index (χ1n) is 6.29. The number of rotatable bonds is 3. The molecule has 5 heteroatoms. The van der Waals surface area contributed by atoms with E-state index in [1.165, 1.54) is 0 Å². The van der Waals surface area contributed by atoms with E-state index >= 15 is 0 Å². The van der Waals surface area contributed by atoms with Crippen LogP contribution in [0.15, 0.2) is 47.0 Å².